The van der Waals surface area contributed by atoms with Crippen LogP contribution in [0.3, 0.4) is 0 Å². The number of anilines is 1. The van der Waals surface area contributed by atoms with Gasteiger partial charge in [-0.25, -0.2) is 12.7 Å². The summed E-state index contributed by atoms with van der Waals surface area (Å²) in [7, 11) is -0.350. The molecule has 1 aromatic rings. The van der Waals surface area contributed by atoms with Gasteiger partial charge in [0.15, 0.2) is 5.82 Å². The van der Waals surface area contributed by atoms with Gasteiger partial charge in [-0.3, -0.25) is 4.68 Å². The fourth-order valence-corrected chi connectivity index (χ4v) is 4.03. The van der Waals surface area contributed by atoms with E-state index in [0.717, 1.165) is 19.4 Å². The zero-order valence-electron chi connectivity index (χ0n) is 12.2. The Morgan fingerprint density at radius 3 is 2.75 bits per heavy atom. The maximum Gasteiger partial charge on any atom is 0.248 e. The summed E-state index contributed by atoms with van der Waals surface area (Å²) in [5.41, 5.74) is 6.29. The fraction of sp³-hybridized carbons (Fsp3) is 0.750. The predicted octanol–water partition coefficient (Wildman–Crippen LogP) is 0.358. The van der Waals surface area contributed by atoms with Gasteiger partial charge in [0.05, 0.1) is 12.3 Å². The van der Waals surface area contributed by atoms with E-state index in [1.165, 1.54) is 8.99 Å². The summed E-state index contributed by atoms with van der Waals surface area (Å²) in [6.07, 6.45) is 1.97. The second-order valence-electron chi connectivity index (χ2n) is 5.29. The van der Waals surface area contributed by atoms with Crippen LogP contribution >= 0.6 is 0 Å². The molecule has 0 spiro atoms. The van der Waals surface area contributed by atoms with Crippen LogP contribution in [-0.4, -0.2) is 49.3 Å². The van der Waals surface area contributed by atoms with E-state index in [1.807, 2.05) is 0 Å². The van der Waals surface area contributed by atoms with Crippen molar-refractivity contribution in [2.24, 2.45) is 13.0 Å². The molecule has 20 heavy (non-hydrogen) atoms. The highest BCUT2D eigenvalue weighted by Gasteiger charge is 2.30. The lowest BCUT2D eigenvalue weighted by atomic mass is 10.0. The minimum absolute atomic E-state index is 0.0525. The summed E-state index contributed by atoms with van der Waals surface area (Å²) < 4.78 is 33.5. The molecule has 0 aliphatic carbocycles. The van der Waals surface area contributed by atoms with Crippen LogP contribution in [0.4, 0.5) is 5.82 Å². The van der Waals surface area contributed by atoms with Gasteiger partial charge >= 0.3 is 0 Å². The summed E-state index contributed by atoms with van der Waals surface area (Å²) in [6, 6.07) is 0. The van der Waals surface area contributed by atoms with Gasteiger partial charge in [0.1, 0.15) is 4.90 Å². The summed E-state index contributed by atoms with van der Waals surface area (Å²) >= 11 is 0. The van der Waals surface area contributed by atoms with Crippen molar-refractivity contribution in [3.05, 3.63) is 5.69 Å². The second kappa shape index (κ2) is 5.71. The smallest absolute Gasteiger partial charge is 0.248 e. The molecular weight excluding hydrogens is 280 g/mol. The van der Waals surface area contributed by atoms with Crippen LogP contribution < -0.4 is 5.73 Å². The van der Waals surface area contributed by atoms with Crippen LogP contribution in [-0.2, 0) is 21.8 Å². The van der Waals surface area contributed by atoms with Gasteiger partial charge in [-0.15, -0.1) is 0 Å². The molecule has 8 heteroatoms. The maximum atomic E-state index is 12.6. The molecule has 0 amide bonds. The molecule has 7 nitrogen and oxygen atoms in total. The van der Waals surface area contributed by atoms with E-state index in [-0.39, 0.29) is 16.6 Å². The average Bonchev–Trinajstić information content (AvgIpc) is 2.64. The molecule has 1 aliphatic rings. The lowest BCUT2D eigenvalue weighted by Crippen LogP contribution is -2.35. The Bertz CT molecular complexity index is 576. The highest BCUT2D eigenvalue weighted by atomic mass is 32.2. The van der Waals surface area contributed by atoms with Crippen LogP contribution in [0.2, 0.25) is 0 Å². The summed E-state index contributed by atoms with van der Waals surface area (Å²) in [4.78, 5) is 0.110. The SMILES string of the molecule is Cc1c(S(=O)(=O)N(C)CC2CCCOC2)c(N)nn1C. The number of hydrogen-bond donors (Lipinski definition) is 1. The first-order chi connectivity index (χ1) is 9.34. The number of nitrogens with zero attached hydrogens (tertiary/aromatic N) is 3. The minimum atomic E-state index is -3.61. The Morgan fingerprint density at radius 2 is 2.25 bits per heavy atom. The van der Waals surface area contributed by atoms with Gasteiger partial charge in [-0.05, 0) is 25.7 Å². The van der Waals surface area contributed by atoms with Crippen LogP contribution in [0.1, 0.15) is 18.5 Å². The lowest BCUT2D eigenvalue weighted by Gasteiger charge is -2.26. The highest BCUT2D eigenvalue weighted by molar-refractivity contribution is 7.89. The van der Waals surface area contributed by atoms with Gasteiger partial charge in [0, 0.05) is 27.2 Å². The molecule has 0 aromatic carbocycles. The van der Waals surface area contributed by atoms with E-state index >= 15 is 0 Å². The Hall–Kier alpha value is -1.12. The van der Waals surface area contributed by atoms with E-state index in [2.05, 4.69) is 5.10 Å². The number of nitrogens with two attached hydrogens (primary N) is 1. The van der Waals surface area contributed by atoms with Gasteiger partial charge in [-0.2, -0.15) is 5.10 Å². The molecule has 2 N–H and O–H groups in total. The van der Waals surface area contributed by atoms with E-state index in [0.29, 0.717) is 18.8 Å². The van der Waals surface area contributed by atoms with E-state index < -0.39 is 10.0 Å². The van der Waals surface area contributed by atoms with Gasteiger partial charge < -0.3 is 10.5 Å². The summed E-state index contributed by atoms with van der Waals surface area (Å²) in [5, 5.41) is 3.97. The third-order valence-corrected chi connectivity index (χ3v) is 5.73. The first-order valence-electron chi connectivity index (χ1n) is 6.67. The number of aryl methyl sites for hydroxylation is 1. The molecule has 1 aromatic heterocycles. The molecule has 2 rings (SSSR count). The van der Waals surface area contributed by atoms with Gasteiger partial charge in [0.2, 0.25) is 10.0 Å². The number of sulfonamides is 1. The normalized spacial score (nSPS) is 20.5. The summed E-state index contributed by atoms with van der Waals surface area (Å²) in [6.45, 7) is 3.52. The van der Waals surface area contributed by atoms with E-state index in [4.69, 9.17) is 10.5 Å². The molecular formula is C12H22N4O3S. The first kappa shape index (κ1) is 15.3. The second-order valence-corrected chi connectivity index (χ2v) is 7.27. The zero-order chi connectivity index (χ0) is 14.9. The monoisotopic (exact) mass is 302 g/mol. The molecule has 1 unspecified atom stereocenters. The number of aromatic nitrogens is 2. The first-order valence-corrected chi connectivity index (χ1v) is 8.11. The summed E-state index contributed by atoms with van der Waals surface area (Å²) in [5.74, 6) is 0.290. The largest absolute Gasteiger partial charge is 0.381 e. The molecule has 0 radical (unpaired) electrons. The van der Waals surface area contributed by atoms with Crippen molar-refractivity contribution in [2.75, 3.05) is 32.5 Å². The van der Waals surface area contributed by atoms with Crippen molar-refractivity contribution in [3.63, 3.8) is 0 Å². The van der Waals surface area contributed by atoms with E-state index in [1.54, 1.807) is 21.0 Å². The van der Waals surface area contributed by atoms with Crippen molar-refractivity contribution < 1.29 is 13.2 Å². The van der Waals surface area contributed by atoms with Crippen LogP contribution in [0.25, 0.3) is 0 Å². The Kier molecular flexibility index (Phi) is 4.36. The number of hydrogen-bond acceptors (Lipinski definition) is 5. The quantitative estimate of drug-likeness (QED) is 0.867. The van der Waals surface area contributed by atoms with Crippen molar-refractivity contribution in [1.29, 1.82) is 0 Å². The molecule has 1 saturated heterocycles. The molecule has 0 saturated carbocycles. The predicted molar refractivity (Wildman–Crippen MR) is 75.7 cm³/mol. The van der Waals surface area contributed by atoms with Crippen molar-refractivity contribution >= 4 is 15.8 Å². The third kappa shape index (κ3) is 2.82. The molecule has 1 atom stereocenters. The Morgan fingerprint density at radius 1 is 1.55 bits per heavy atom. The fourth-order valence-electron chi connectivity index (χ4n) is 2.50. The minimum Gasteiger partial charge on any atom is -0.381 e. The van der Waals surface area contributed by atoms with E-state index in [9.17, 15) is 8.42 Å². The molecule has 1 aliphatic heterocycles. The van der Waals surface area contributed by atoms with Crippen LogP contribution in [0.15, 0.2) is 4.90 Å². The lowest BCUT2D eigenvalue weighted by molar-refractivity contribution is 0.0495. The Labute approximate surface area is 119 Å². The van der Waals surface area contributed by atoms with Crippen molar-refractivity contribution in [1.82, 2.24) is 14.1 Å². The average molecular weight is 302 g/mol. The number of nitrogen functional groups attached to an aromatic ring is 1. The van der Waals surface area contributed by atoms with Crippen molar-refractivity contribution in [3.8, 4) is 0 Å². The molecule has 0 bridgehead atoms. The zero-order valence-corrected chi connectivity index (χ0v) is 13.0. The van der Waals surface area contributed by atoms with Crippen LogP contribution in [0.5, 0.6) is 0 Å². The third-order valence-electron chi connectivity index (χ3n) is 3.74. The maximum absolute atomic E-state index is 12.6. The number of ether oxygens (including phenoxy) is 1. The number of rotatable bonds is 4. The van der Waals surface area contributed by atoms with Crippen LogP contribution in [0, 0.1) is 12.8 Å². The standard InChI is InChI=1S/C12H22N4O3S/c1-9-11(12(13)14-16(9)3)20(17,18)15(2)7-10-5-4-6-19-8-10/h10H,4-8H2,1-3H3,(H2,13,14). The van der Waals surface area contributed by atoms with Crippen molar-refractivity contribution in [2.45, 2.75) is 24.7 Å². The van der Waals surface area contributed by atoms with Gasteiger partial charge in [-0.1, -0.05) is 0 Å². The molecule has 1 fully saturated rings. The molecule has 114 valence electrons. The van der Waals surface area contributed by atoms with Gasteiger partial charge in [0.25, 0.3) is 0 Å². The molecule has 2 heterocycles. The Balaban J connectivity index is 2.20. The topological polar surface area (TPSA) is 90.4 Å². The highest BCUT2D eigenvalue weighted by Crippen LogP contribution is 2.26.